The summed E-state index contributed by atoms with van der Waals surface area (Å²) in [5.74, 6) is -0.276. The number of para-hydroxylation sites is 1. The summed E-state index contributed by atoms with van der Waals surface area (Å²) in [4.78, 5) is 34.6. The smallest absolute Gasteiger partial charge is 0.327 e. The van der Waals surface area contributed by atoms with Gasteiger partial charge in [0.15, 0.2) is 6.19 Å². The zero-order chi connectivity index (χ0) is 30.6. The fraction of sp³-hybridized carbons (Fsp3) is 0.286. The van der Waals surface area contributed by atoms with E-state index in [9.17, 15) is 14.9 Å². The molecule has 0 spiro atoms. The number of benzene rings is 2. The molecule has 9 nitrogen and oxygen atoms in total. The van der Waals surface area contributed by atoms with Crippen LogP contribution in [0.3, 0.4) is 0 Å². The fourth-order valence-corrected chi connectivity index (χ4v) is 6.32. The Kier molecular flexibility index (Phi) is 4.94. The van der Waals surface area contributed by atoms with Crippen LogP contribution >= 0.6 is 11.8 Å². The minimum Gasteiger partial charge on any atom is -0.457 e. The van der Waals surface area contributed by atoms with Gasteiger partial charge < -0.3 is 20.3 Å². The summed E-state index contributed by atoms with van der Waals surface area (Å²) in [6.45, 7) is 2.90. The monoisotopic (exact) mass is 531 g/mol. The first-order chi connectivity index (χ1) is 20.6. The van der Waals surface area contributed by atoms with Gasteiger partial charge >= 0.3 is 6.03 Å². The van der Waals surface area contributed by atoms with Crippen molar-refractivity contribution in [2.24, 2.45) is 0 Å². The molecule has 3 amide bonds. The summed E-state index contributed by atoms with van der Waals surface area (Å²) < 4.78 is 45.5. The molecule has 6 rings (SSSR count). The topological polar surface area (TPSA) is 111 Å². The van der Waals surface area contributed by atoms with E-state index in [0.29, 0.717) is 35.1 Å². The lowest BCUT2D eigenvalue weighted by Gasteiger charge is -2.35. The second-order valence-corrected chi connectivity index (χ2v) is 10.4. The Labute approximate surface area is 231 Å². The Morgan fingerprint density at radius 2 is 2.11 bits per heavy atom. The van der Waals surface area contributed by atoms with Crippen molar-refractivity contribution in [3.8, 4) is 17.7 Å². The van der Waals surface area contributed by atoms with E-state index in [1.807, 2.05) is 0 Å². The van der Waals surface area contributed by atoms with Gasteiger partial charge in [-0.1, -0.05) is 29.9 Å². The van der Waals surface area contributed by atoms with Crippen LogP contribution in [0.2, 0.25) is 0 Å². The number of aryl methyl sites for hydroxylation is 1. The van der Waals surface area contributed by atoms with E-state index in [2.05, 4.69) is 21.8 Å². The number of carbonyl (C=O) groups excluding carboxylic acids is 2. The maximum absolute atomic E-state index is 13.6. The molecule has 192 valence electrons. The lowest BCUT2D eigenvalue weighted by Crippen LogP contribution is -2.52. The van der Waals surface area contributed by atoms with Crippen molar-refractivity contribution >= 4 is 35.1 Å². The first-order valence-electron chi connectivity index (χ1n) is 14.7. The molecule has 2 unspecified atom stereocenters. The maximum Gasteiger partial charge on any atom is 0.327 e. The molecule has 1 aromatic heterocycles. The number of anilines is 2. The van der Waals surface area contributed by atoms with Gasteiger partial charge in [0.05, 0.1) is 24.3 Å². The van der Waals surface area contributed by atoms with Crippen molar-refractivity contribution in [1.29, 1.82) is 5.26 Å². The number of carbonyl (C=O) groups is 2. The SMILES string of the molecule is [2H]c1c([2H])c([2H])c(Oc2ccc(N3C(=O)NC4c5c3ccnc5S[C@H]4C(=O)NC3CCCN(C#N)C3)c(C)c2)c([2H])c1[2H]. The third-order valence-corrected chi connectivity index (χ3v) is 8.07. The number of nitrogens with one attached hydrogen (secondary N) is 2. The highest BCUT2D eigenvalue weighted by atomic mass is 32.2. The summed E-state index contributed by atoms with van der Waals surface area (Å²) in [6.07, 6.45) is 5.33. The van der Waals surface area contributed by atoms with E-state index in [0.717, 1.165) is 18.4 Å². The number of piperidine rings is 1. The van der Waals surface area contributed by atoms with Crippen LogP contribution < -0.4 is 20.3 Å². The van der Waals surface area contributed by atoms with E-state index in [-0.39, 0.29) is 23.4 Å². The Balaban J connectivity index is 1.26. The number of aromatic nitrogens is 1. The number of amides is 3. The molecule has 3 atom stereocenters. The molecule has 0 aliphatic carbocycles. The normalized spacial score (nSPS) is 23.6. The number of ether oxygens (including phenoxy) is 1. The Morgan fingerprint density at radius 3 is 2.89 bits per heavy atom. The number of hydrogen-bond acceptors (Lipinski definition) is 7. The molecule has 3 aliphatic rings. The Bertz CT molecular complexity index is 1690. The summed E-state index contributed by atoms with van der Waals surface area (Å²) in [5, 5.41) is 15.3. The summed E-state index contributed by atoms with van der Waals surface area (Å²) in [6, 6.07) is 2.99. The molecule has 3 aliphatic heterocycles. The molecular formula is C28H26N6O3S. The number of thioether (sulfide) groups is 1. The van der Waals surface area contributed by atoms with Crippen molar-refractivity contribution < 1.29 is 21.2 Å². The molecule has 1 saturated heterocycles. The van der Waals surface area contributed by atoms with E-state index >= 15 is 0 Å². The van der Waals surface area contributed by atoms with Gasteiger partial charge in [0.2, 0.25) is 5.91 Å². The highest BCUT2D eigenvalue weighted by Gasteiger charge is 2.47. The van der Waals surface area contributed by atoms with Gasteiger partial charge in [-0.15, -0.1) is 0 Å². The second kappa shape index (κ2) is 9.91. The predicted octanol–water partition coefficient (Wildman–Crippen LogP) is 4.62. The number of hydrogen-bond donors (Lipinski definition) is 2. The van der Waals surface area contributed by atoms with Crippen molar-refractivity contribution in [3.63, 3.8) is 0 Å². The average molecular weight is 532 g/mol. The van der Waals surface area contributed by atoms with Crippen LogP contribution in [0.4, 0.5) is 16.2 Å². The summed E-state index contributed by atoms with van der Waals surface area (Å²) in [7, 11) is 0. The molecular weight excluding hydrogens is 500 g/mol. The lowest BCUT2D eigenvalue weighted by atomic mass is 9.98. The number of nitrogens with zero attached hydrogens (tertiary/aromatic N) is 4. The van der Waals surface area contributed by atoms with E-state index < -0.39 is 47.5 Å². The first kappa shape index (κ1) is 18.9. The number of rotatable bonds is 5. The number of likely N-dealkylation sites (tertiary alicyclic amines) is 1. The van der Waals surface area contributed by atoms with Gasteiger partial charge in [0.25, 0.3) is 0 Å². The standard InChI is InChI=1S/C28H26N6O3S/c1-17-14-20(37-19-7-3-2-4-8-19)9-10-21(17)34-22-11-12-30-27-23(22)24(32-28(34)36)25(38-27)26(35)31-18-6-5-13-33(15-18)16-29/h2-4,7-12,14,18,24-25H,5-6,13,15H2,1H3,(H,31,35)(H,32,36)/t18?,24?,25-/m1/s1/i2D,3D,4D,7D,8D. The minimum atomic E-state index is -0.624. The van der Waals surface area contributed by atoms with Gasteiger partial charge in [-0.2, -0.15) is 5.26 Å². The molecule has 2 N–H and O–H groups in total. The van der Waals surface area contributed by atoms with E-state index in [1.165, 1.54) is 16.7 Å². The van der Waals surface area contributed by atoms with Gasteiger partial charge in [-0.05, 0) is 61.7 Å². The molecule has 0 bridgehead atoms. The molecule has 0 radical (unpaired) electrons. The fourth-order valence-electron chi connectivity index (χ4n) is 5.08. The van der Waals surface area contributed by atoms with Gasteiger partial charge in [-0.25, -0.2) is 9.78 Å². The molecule has 10 heteroatoms. The van der Waals surface area contributed by atoms with Crippen molar-refractivity contribution in [2.45, 2.75) is 42.1 Å². The van der Waals surface area contributed by atoms with Crippen LogP contribution in [-0.4, -0.2) is 46.2 Å². The van der Waals surface area contributed by atoms with E-state index in [1.54, 1.807) is 42.3 Å². The van der Waals surface area contributed by atoms with Crippen LogP contribution in [-0.2, 0) is 4.79 Å². The van der Waals surface area contributed by atoms with Gasteiger partial charge in [-0.3, -0.25) is 9.69 Å². The van der Waals surface area contributed by atoms with Crippen LogP contribution in [0, 0.1) is 18.4 Å². The average Bonchev–Trinajstić information content (AvgIpc) is 3.37. The number of urea groups is 1. The third-order valence-electron chi connectivity index (χ3n) is 6.78. The maximum atomic E-state index is 13.6. The molecule has 2 aromatic carbocycles. The van der Waals surface area contributed by atoms with Crippen molar-refractivity contribution in [3.05, 3.63) is 71.8 Å². The van der Waals surface area contributed by atoms with Gasteiger partial charge in [0, 0.05) is 30.9 Å². The van der Waals surface area contributed by atoms with Gasteiger partial charge in [0.1, 0.15) is 21.8 Å². The second-order valence-electron chi connectivity index (χ2n) is 9.25. The third kappa shape index (κ3) is 4.39. The van der Waals surface area contributed by atoms with E-state index in [4.69, 9.17) is 11.6 Å². The van der Waals surface area contributed by atoms with Crippen LogP contribution in [0.1, 0.15) is 36.9 Å². The quantitative estimate of drug-likeness (QED) is 0.462. The Morgan fingerprint density at radius 1 is 1.26 bits per heavy atom. The zero-order valence-electron chi connectivity index (χ0n) is 25.4. The highest BCUT2D eigenvalue weighted by molar-refractivity contribution is 8.01. The predicted molar refractivity (Wildman–Crippen MR) is 143 cm³/mol. The first-order valence-corrected chi connectivity index (χ1v) is 13.0. The number of nitriles is 1. The molecule has 1 fully saturated rings. The lowest BCUT2D eigenvalue weighted by molar-refractivity contribution is -0.121. The van der Waals surface area contributed by atoms with Crippen molar-refractivity contribution in [2.75, 3.05) is 18.0 Å². The minimum absolute atomic E-state index is 0.153. The summed E-state index contributed by atoms with van der Waals surface area (Å²) >= 11 is 1.30. The molecule has 0 saturated carbocycles. The summed E-state index contributed by atoms with van der Waals surface area (Å²) in [5.41, 5.74) is 2.50. The Hall–Kier alpha value is -4.23. The van der Waals surface area contributed by atoms with Crippen LogP contribution in [0.25, 0.3) is 0 Å². The number of pyridine rings is 1. The molecule has 4 heterocycles. The van der Waals surface area contributed by atoms with Crippen LogP contribution in [0.15, 0.2) is 65.7 Å². The van der Waals surface area contributed by atoms with Crippen molar-refractivity contribution in [1.82, 2.24) is 20.5 Å². The zero-order valence-corrected chi connectivity index (χ0v) is 21.2. The molecule has 38 heavy (non-hydrogen) atoms. The van der Waals surface area contributed by atoms with Crippen LogP contribution in [0.5, 0.6) is 11.5 Å². The largest absolute Gasteiger partial charge is 0.457 e. The molecule has 3 aromatic rings. The highest BCUT2D eigenvalue weighted by Crippen LogP contribution is 2.51.